The van der Waals surface area contributed by atoms with Crippen LogP contribution in [-0.2, 0) is 29.2 Å². The molecule has 1 amide bonds. The molecule has 3 heterocycles. The number of carbonyl (C=O) groups excluding carboxylic acids is 1. The molecule has 0 aliphatic heterocycles. The van der Waals surface area contributed by atoms with Gasteiger partial charge < -0.3 is 19.2 Å². The molecule has 3 rings (SSSR count). The summed E-state index contributed by atoms with van der Waals surface area (Å²) in [6, 6.07) is 7.66. The molecule has 0 radical (unpaired) electrons. The summed E-state index contributed by atoms with van der Waals surface area (Å²) in [6.45, 7) is 1.62. The Labute approximate surface area is 143 Å². The van der Waals surface area contributed by atoms with Gasteiger partial charge in [-0.2, -0.15) is 0 Å². The number of hydrogen-bond acceptors (Lipinski definition) is 4. The highest BCUT2D eigenvalue weighted by molar-refractivity contribution is 7.09. The number of ether oxygens (including phenoxy) is 1. The van der Waals surface area contributed by atoms with Crippen molar-refractivity contribution in [2.45, 2.75) is 19.6 Å². The van der Waals surface area contributed by atoms with Crippen molar-refractivity contribution < 1.29 is 9.53 Å². The van der Waals surface area contributed by atoms with Crippen LogP contribution in [0.2, 0.25) is 0 Å². The van der Waals surface area contributed by atoms with Crippen molar-refractivity contribution >= 4 is 28.1 Å². The highest BCUT2D eigenvalue weighted by atomic mass is 32.1. The van der Waals surface area contributed by atoms with Crippen molar-refractivity contribution in [2.24, 2.45) is 0 Å². The topological polar surface area (TPSA) is 65.3 Å². The van der Waals surface area contributed by atoms with E-state index in [1.165, 1.54) is 4.57 Å². The Morgan fingerprint density at radius 1 is 1.25 bits per heavy atom. The van der Waals surface area contributed by atoms with Gasteiger partial charge in [0.25, 0.3) is 5.56 Å². The van der Waals surface area contributed by atoms with E-state index < -0.39 is 0 Å². The molecule has 0 saturated carbocycles. The van der Waals surface area contributed by atoms with Gasteiger partial charge in [0.05, 0.1) is 13.2 Å². The number of amides is 1. The molecule has 7 heteroatoms. The zero-order valence-corrected chi connectivity index (χ0v) is 14.2. The Morgan fingerprint density at radius 3 is 2.75 bits per heavy atom. The molecule has 0 aliphatic carbocycles. The van der Waals surface area contributed by atoms with E-state index in [4.69, 9.17) is 4.74 Å². The van der Waals surface area contributed by atoms with Crippen LogP contribution in [0.4, 0.5) is 0 Å². The van der Waals surface area contributed by atoms with Gasteiger partial charge in [0.1, 0.15) is 12.1 Å². The normalized spacial score (nSPS) is 11.0. The number of nitrogens with zero attached hydrogens (tertiary/aromatic N) is 2. The summed E-state index contributed by atoms with van der Waals surface area (Å²) in [4.78, 5) is 25.8. The zero-order chi connectivity index (χ0) is 16.9. The van der Waals surface area contributed by atoms with E-state index in [1.54, 1.807) is 24.6 Å². The molecule has 0 atom stereocenters. The minimum absolute atomic E-state index is 0.00953. The standard InChI is InChI=1S/C17H19N3O3S/c1-23-9-8-19-6-4-13-5-7-20(17(22)16(13)19)12-15(21)18-11-14-3-2-10-24-14/h2-7,10H,8-9,11-12H2,1H3,(H,18,21). The molecule has 6 nitrogen and oxygen atoms in total. The molecule has 0 aliphatic rings. The maximum absolute atomic E-state index is 12.7. The van der Waals surface area contributed by atoms with E-state index in [1.807, 2.05) is 40.4 Å². The van der Waals surface area contributed by atoms with Crippen molar-refractivity contribution in [3.8, 4) is 0 Å². The molecule has 0 fully saturated rings. The molecule has 0 bridgehead atoms. The monoisotopic (exact) mass is 345 g/mol. The summed E-state index contributed by atoms with van der Waals surface area (Å²) in [5.74, 6) is -0.181. The third kappa shape index (κ3) is 3.58. The van der Waals surface area contributed by atoms with Gasteiger partial charge in [-0.1, -0.05) is 6.07 Å². The van der Waals surface area contributed by atoms with Gasteiger partial charge >= 0.3 is 0 Å². The number of fused-ring (bicyclic) bond motifs is 1. The molecule has 3 aromatic rings. The second kappa shape index (κ2) is 7.46. The maximum Gasteiger partial charge on any atom is 0.275 e. The lowest BCUT2D eigenvalue weighted by atomic mass is 10.3. The number of thiophene rings is 1. The Hall–Kier alpha value is -2.38. The molecular weight excluding hydrogens is 326 g/mol. The van der Waals surface area contributed by atoms with Crippen molar-refractivity contribution in [3.63, 3.8) is 0 Å². The van der Waals surface area contributed by atoms with Crippen molar-refractivity contribution in [1.29, 1.82) is 0 Å². The Balaban J connectivity index is 1.75. The Morgan fingerprint density at radius 2 is 2.04 bits per heavy atom. The predicted octanol–water partition coefficient (Wildman–Crippen LogP) is 1.83. The third-order valence-corrected chi connectivity index (χ3v) is 4.66. The Kier molecular flexibility index (Phi) is 5.12. The number of methoxy groups -OCH3 is 1. The van der Waals surface area contributed by atoms with Gasteiger partial charge in [-0.05, 0) is 23.6 Å². The molecule has 0 aromatic carbocycles. The number of aromatic nitrogens is 2. The molecule has 0 saturated heterocycles. The largest absolute Gasteiger partial charge is 0.383 e. The average molecular weight is 345 g/mol. The lowest BCUT2D eigenvalue weighted by Crippen LogP contribution is -2.32. The summed E-state index contributed by atoms with van der Waals surface area (Å²) in [6.07, 6.45) is 3.53. The molecule has 1 N–H and O–H groups in total. The van der Waals surface area contributed by atoms with Crippen LogP contribution >= 0.6 is 11.3 Å². The average Bonchev–Trinajstić information content (AvgIpc) is 3.23. The molecule has 126 valence electrons. The second-order valence-electron chi connectivity index (χ2n) is 5.41. The van der Waals surface area contributed by atoms with Crippen LogP contribution in [0.5, 0.6) is 0 Å². The fourth-order valence-electron chi connectivity index (χ4n) is 2.55. The number of rotatable bonds is 7. The van der Waals surface area contributed by atoms with Crippen molar-refractivity contribution in [3.05, 3.63) is 57.3 Å². The summed E-state index contributed by atoms with van der Waals surface area (Å²) in [5.41, 5.74) is 0.431. The van der Waals surface area contributed by atoms with Crippen LogP contribution in [0.1, 0.15) is 4.88 Å². The predicted molar refractivity (Wildman–Crippen MR) is 94.2 cm³/mol. The van der Waals surface area contributed by atoms with Crippen LogP contribution in [0.3, 0.4) is 0 Å². The first-order chi connectivity index (χ1) is 11.7. The van der Waals surface area contributed by atoms with Crippen LogP contribution in [0.25, 0.3) is 10.9 Å². The lowest BCUT2D eigenvalue weighted by molar-refractivity contribution is -0.121. The summed E-state index contributed by atoms with van der Waals surface area (Å²) >= 11 is 1.59. The molecule has 3 aromatic heterocycles. The van der Waals surface area contributed by atoms with Gasteiger partial charge in [0.15, 0.2) is 0 Å². The lowest BCUT2D eigenvalue weighted by Gasteiger charge is -2.09. The van der Waals surface area contributed by atoms with E-state index in [0.29, 0.717) is 25.2 Å². The van der Waals surface area contributed by atoms with Gasteiger partial charge in [-0.15, -0.1) is 11.3 Å². The quantitative estimate of drug-likeness (QED) is 0.710. The van der Waals surface area contributed by atoms with E-state index in [-0.39, 0.29) is 18.0 Å². The first-order valence-corrected chi connectivity index (χ1v) is 8.53. The molecule has 0 spiro atoms. The van der Waals surface area contributed by atoms with Crippen molar-refractivity contribution in [1.82, 2.24) is 14.5 Å². The second-order valence-corrected chi connectivity index (χ2v) is 6.44. The van der Waals surface area contributed by atoms with Gasteiger partial charge in [0.2, 0.25) is 5.91 Å². The van der Waals surface area contributed by atoms with E-state index in [9.17, 15) is 9.59 Å². The van der Waals surface area contributed by atoms with Crippen LogP contribution in [0, 0.1) is 0 Å². The van der Waals surface area contributed by atoms with Crippen molar-refractivity contribution in [2.75, 3.05) is 13.7 Å². The first-order valence-electron chi connectivity index (χ1n) is 7.65. The fraction of sp³-hybridized carbons (Fsp3) is 0.294. The Bertz CT molecular complexity index is 880. The summed E-state index contributed by atoms with van der Waals surface area (Å²) < 4.78 is 8.38. The molecular formula is C17H19N3O3S. The molecule has 24 heavy (non-hydrogen) atoms. The first kappa shape index (κ1) is 16.5. The number of carbonyl (C=O) groups is 1. The summed E-state index contributed by atoms with van der Waals surface area (Å²) in [5, 5.41) is 5.67. The SMILES string of the molecule is COCCn1ccc2ccn(CC(=O)NCc3cccs3)c(=O)c21. The van der Waals surface area contributed by atoms with Gasteiger partial charge in [-0.3, -0.25) is 9.59 Å². The maximum atomic E-state index is 12.7. The molecule has 0 unspecified atom stereocenters. The van der Waals surface area contributed by atoms with Crippen LogP contribution in [0.15, 0.2) is 46.8 Å². The van der Waals surface area contributed by atoms with E-state index >= 15 is 0 Å². The highest BCUT2D eigenvalue weighted by Crippen LogP contribution is 2.11. The fourth-order valence-corrected chi connectivity index (χ4v) is 3.20. The number of pyridine rings is 1. The van der Waals surface area contributed by atoms with Gasteiger partial charge in [0, 0.05) is 36.3 Å². The zero-order valence-electron chi connectivity index (χ0n) is 13.4. The highest BCUT2D eigenvalue weighted by Gasteiger charge is 2.10. The van der Waals surface area contributed by atoms with Crippen LogP contribution < -0.4 is 10.9 Å². The minimum Gasteiger partial charge on any atom is -0.383 e. The third-order valence-electron chi connectivity index (χ3n) is 3.78. The number of hydrogen-bond donors (Lipinski definition) is 1. The number of nitrogens with one attached hydrogen (secondary N) is 1. The van der Waals surface area contributed by atoms with E-state index in [0.717, 1.165) is 10.3 Å². The summed E-state index contributed by atoms with van der Waals surface area (Å²) in [7, 11) is 1.63. The smallest absolute Gasteiger partial charge is 0.275 e. The minimum atomic E-state index is -0.181. The van der Waals surface area contributed by atoms with Gasteiger partial charge in [-0.25, -0.2) is 0 Å². The van der Waals surface area contributed by atoms with Crippen LogP contribution in [-0.4, -0.2) is 28.8 Å². The van der Waals surface area contributed by atoms with E-state index in [2.05, 4.69) is 5.32 Å².